The molecule has 1 aromatic rings. The molecule has 2 nitrogen and oxygen atoms in total. The molecule has 0 aliphatic heterocycles. The Morgan fingerprint density at radius 1 is 1.40 bits per heavy atom. The summed E-state index contributed by atoms with van der Waals surface area (Å²) in [4.78, 5) is 11.7. The molecule has 0 aliphatic carbocycles. The van der Waals surface area contributed by atoms with Crippen molar-refractivity contribution >= 4 is 37.8 Å². The van der Waals surface area contributed by atoms with E-state index >= 15 is 0 Å². The quantitative estimate of drug-likeness (QED) is 0.840. The minimum atomic E-state index is -0.0196. The van der Waals surface area contributed by atoms with E-state index in [9.17, 15) is 4.79 Å². The molecule has 0 fully saturated rings. The summed E-state index contributed by atoms with van der Waals surface area (Å²) in [5.74, 6) is -0.0196. The third kappa shape index (κ3) is 3.95. The molecule has 1 unspecified atom stereocenters. The van der Waals surface area contributed by atoms with Crippen LogP contribution in [0, 0.1) is 0 Å². The van der Waals surface area contributed by atoms with Crippen LogP contribution in [0.15, 0.2) is 28.7 Å². The molecule has 4 heteroatoms. The molecule has 0 aromatic heterocycles. The Hall–Kier alpha value is -0.350. The van der Waals surface area contributed by atoms with E-state index in [4.69, 9.17) is 0 Å². The molecule has 1 aromatic carbocycles. The van der Waals surface area contributed by atoms with E-state index in [1.165, 1.54) is 0 Å². The molecule has 0 bridgehead atoms. The Labute approximate surface area is 107 Å². The van der Waals surface area contributed by atoms with Crippen LogP contribution in [0.3, 0.4) is 0 Å². The predicted molar refractivity (Wildman–Crippen MR) is 69.5 cm³/mol. The number of hydrogen-bond acceptors (Lipinski definition) is 1. The first kappa shape index (κ1) is 12.7. The van der Waals surface area contributed by atoms with E-state index < -0.39 is 0 Å². The molecule has 0 radical (unpaired) electrons. The van der Waals surface area contributed by atoms with Gasteiger partial charge in [0.05, 0.1) is 0 Å². The van der Waals surface area contributed by atoms with Crippen LogP contribution in [0.1, 0.15) is 23.7 Å². The lowest BCUT2D eigenvalue weighted by Crippen LogP contribution is -2.35. The number of benzene rings is 1. The summed E-state index contributed by atoms with van der Waals surface area (Å²) in [7, 11) is 0. The Balaban J connectivity index is 2.64. The molecule has 82 valence electrons. The van der Waals surface area contributed by atoms with Crippen LogP contribution < -0.4 is 5.32 Å². The van der Waals surface area contributed by atoms with Crippen molar-refractivity contribution in [2.24, 2.45) is 0 Å². The van der Waals surface area contributed by atoms with Crippen LogP contribution in [0.5, 0.6) is 0 Å². The van der Waals surface area contributed by atoms with Gasteiger partial charge in [-0.2, -0.15) is 0 Å². The lowest BCUT2D eigenvalue weighted by atomic mass is 10.2. The van der Waals surface area contributed by atoms with Crippen molar-refractivity contribution in [2.45, 2.75) is 19.4 Å². The number of carbonyl (C=O) groups is 1. The highest BCUT2D eigenvalue weighted by molar-refractivity contribution is 9.10. The number of alkyl halides is 1. The van der Waals surface area contributed by atoms with E-state index in [0.29, 0.717) is 5.56 Å². The van der Waals surface area contributed by atoms with Gasteiger partial charge in [-0.1, -0.05) is 38.8 Å². The van der Waals surface area contributed by atoms with Gasteiger partial charge in [-0.15, -0.1) is 0 Å². The Bertz CT molecular complexity index is 320. The number of rotatable bonds is 4. The molecule has 0 aliphatic rings. The summed E-state index contributed by atoms with van der Waals surface area (Å²) in [6.07, 6.45) is 0.924. The maximum Gasteiger partial charge on any atom is 0.251 e. The van der Waals surface area contributed by atoms with Gasteiger partial charge in [-0.25, -0.2) is 0 Å². The first-order valence-corrected chi connectivity index (χ1v) is 6.71. The van der Waals surface area contributed by atoms with Gasteiger partial charge in [0.1, 0.15) is 0 Å². The predicted octanol–water partition coefficient (Wildman–Crippen LogP) is 3.35. The Morgan fingerprint density at radius 2 is 2.00 bits per heavy atom. The number of amides is 1. The molecule has 0 spiro atoms. The summed E-state index contributed by atoms with van der Waals surface area (Å²) in [5, 5.41) is 3.73. The molecule has 1 amide bonds. The summed E-state index contributed by atoms with van der Waals surface area (Å²) in [6.45, 7) is 2.05. The normalized spacial score (nSPS) is 12.2. The maximum absolute atomic E-state index is 11.7. The maximum atomic E-state index is 11.7. The van der Waals surface area contributed by atoms with Crippen molar-refractivity contribution in [3.05, 3.63) is 34.3 Å². The summed E-state index contributed by atoms with van der Waals surface area (Å²) in [5.41, 5.74) is 0.692. The minimum absolute atomic E-state index is 0.0196. The average Bonchev–Trinajstić information content (AvgIpc) is 2.26. The zero-order valence-corrected chi connectivity index (χ0v) is 11.6. The number of nitrogens with one attached hydrogen (secondary N) is 1. The topological polar surface area (TPSA) is 29.1 Å². The fourth-order valence-electron chi connectivity index (χ4n) is 1.12. The average molecular weight is 335 g/mol. The Kier molecular flexibility index (Phi) is 5.32. The molecular weight excluding hydrogens is 322 g/mol. The van der Waals surface area contributed by atoms with Crippen molar-refractivity contribution in [2.75, 3.05) is 5.33 Å². The van der Waals surface area contributed by atoms with Gasteiger partial charge in [-0.3, -0.25) is 4.79 Å². The third-order valence-electron chi connectivity index (χ3n) is 2.12. The molecule has 0 heterocycles. The standard InChI is InChI=1S/C11H13Br2NO/c1-2-10(7-12)14-11(15)8-3-5-9(13)6-4-8/h3-6,10H,2,7H2,1H3,(H,14,15). The number of hydrogen-bond donors (Lipinski definition) is 1. The smallest absolute Gasteiger partial charge is 0.251 e. The van der Waals surface area contributed by atoms with Gasteiger partial charge in [-0.05, 0) is 30.7 Å². The van der Waals surface area contributed by atoms with Gasteiger partial charge >= 0.3 is 0 Å². The lowest BCUT2D eigenvalue weighted by molar-refractivity contribution is 0.0940. The van der Waals surface area contributed by atoms with Gasteiger partial charge in [0, 0.05) is 21.4 Å². The van der Waals surface area contributed by atoms with Gasteiger partial charge in [0.2, 0.25) is 0 Å². The summed E-state index contributed by atoms with van der Waals surface area (Å²) in [6, 6.07) is 7.54. The first-order chi connectivity index (χ1) is 7.17. The second-order valence-electron chi connectivity index (χ2n) is 3.24. The SMILES string of the molecule is CCC(CBr)NC(=O)c1ccc(Br)cc1. The summed E-state index contributed by atoms with van der Waals surface area (Å²) >= 11 is 6.70. The Morgan fingerprint density at radius 3 is 2.47 bits per heavy atom. The van der Waals surface area contributed by atoms with Crippen molar-refractivity contribution in [1.29, 1.82) is 0 Å². The van der Waals surface area contributed by atoms with E-state index in [-0.39, 0.29) is 11.9 Å². The molecule has 15 heavy (non-hydrogen) atoms. The van der Waals surface area contributed by atoms with Gasteiger partial charge in [0.25, 0.3) is 5.91 Å². The van der Waals surface area contributed by atoms with Crippen LogP contribution in [0.4, 0.5) is 0 Å². The fraction of sp³-hybridized carbons (Fsp3) is 0.364. The fourth-order valence-corrected chi connectivity index (χ4v) is 2.00. The molecule has 1 N–H and O–H groups in total. The molecule has 0 saturated carbocycles. The van der Waals surface area contributed by atoms with Crippen LogP contribution in [-0.4, -0.2) is 17.3 Å². The van der Waals surface area contributed by atoms with E-state index in [1.807, 2.05) is 19.1 Å². The molecule has 1 atom stereocenters. The monoisotopic (exact) mass is 333 g/mol. The van der Waals surface area contributed by atoms with E-state index in [2.05, 4.69) is 37.2 Å². The molecule has 0 saturated heterocycles. The highest BCUT2D eigenvalue weighted by atomic mass is 79.9. The van der Waals surface area contributed by atoms with Crippen LogP contribution >= 0.6 is 31.9 Å². The van der Waals surface area contributed by atoms with Crippen molar-refractivity contribution in [1.82, 2.24) is 5.32 Å². The third-order valence-corrected chi connectivity index (χ3v) is 3.43. The lowest BCUT2D eigenvalue weighted by Gasteiger charge is -2.13. The first-order valence-electron chi connectivity index (χ1n) is 4.79. The summed E-state index contributed by atoms with van der Waals surface area (Å²) < 4.78 is 0.978. The minimum Gasteiger partial charge on any atom is -0.348 e. The zero-order chi connectivity index (χ0) is 11.3. The second-order valence-corrected chi connectivity index (χ2v) is 4.80. The highest BCUT2D eigenvalue weighted by Gasteiger charge is 2.10. The van der Waals surface area contributed by atoms with Gasteiger partial charge < -0.3 is 5.32 Å². The van der Waals surface area contributed by atoms with Crippen LogP contribution in [0.25, 0.3) is 0 Å². The zero-order valence-electron chi connectivity index (χ0n) is 8.47. The second kappa shape index (κ2) is 6.28. The van der Waals surface area contributed by atoms with Crippen LogP contribution in [0.2, 0.25) is 0 Å². The highest BCUT2D eigenvalue weighted by Crippen LogP contribution is 2.10. The van der Waals surface area contributed by atoms with Crippen molar-refractivity contribution < 1.29 is 4.79 Å². The molecular formula is C11H13Br2NO. The van der Waals surface area contributed by atoms with Crippen molar-refractivity contribution in [3.8, 4) is 0 Å². The number of halogens is 2. The van der Waals surface area contributed by atoms with Crippen molar-refractivity contribution in [3.63, 3.8) is 0 Å². The largest absolute Gasteiger partial charge is 0.348 e. The van der Waals surface area contributed by atoms with Gasteiger partial charge in [0.15, 0.2) is 0 Å². The number of carbonyl (C=O) groups excluding carboxylic acids is 1. The van der Waals surface area contributed by atoms with E-state index in [1.54, 1.807) is 12.1 Å². The molecule has 1 rings (SSSR count). The van der Waals surface area contributed by atoms with Crippen LogP contribution in [-0.2, 0) is 0 Å². The van der Waals surface area contributed by atoms with E-state index in [0.717, 1.165) is 16.2 Å².